The van der Waals surface area contributed by atoms with Gasteiger partial charge in [0.1, 0.15) is 6.61 Å². The largest absolute Gasteiger partial charge is 0.482 e. The van der Waals surface area contributed by atoms with Crippen molar-refractivity contribution in [2.75, 3.05) is 14.2 Å². The van der Waals surface area contributed by atoms with E-state index in [0.29, 0.717) is 0 Å². The zero-order valence-corrected chi connectivity index (χ0v) is 15.3. The number of nitrogens with zero attached hydrogens (tertiary/aromatic N) is 1. The quantitative estimate of drug-likeness (QED) is 0.528. The number of carbonyl (C=O) groups is 2. The summed E-state index contributed by atoms with van der Waals surface area (Å²) in [5.74, 6) is -2.26. The lowest BCUT2D eigenvalue weighted by atomic mass is 10.1. The van der Waals surface area contributed by atoms with Crippen LogP contribution < -0.4 is 10.2 Å². The predicted octanol–water partition coefficient (Wildman–Crippen LogP) is 1.95. The van der Waals surface area contributed by atoms with Crippen LogP contribution in [0.1, 0.15) is 33.3 Å². The van der Waals surface area contributed by atoms with Crippen molar-refractivity contribution in [2.24, 2.45) is 0 Å². The molecule has 1 N–H and O–H groups in total. The van der Waals surface area contributed by atoms with E-state index in [1.165, 1.54) is 31.9 Å². The summed E-state index contributed by atoms with van der Waals surface area (Å²) in [4.78, 5) is 36.4. The average Bonchev–Trinajstić information content (AvgIpc) is 2.65. The van der Waals surface area contributed by atoms with Crippen LogP contribution in [0.15, 0.2) is 41.3 Å². The monoisotopic (exact) mass is 375 g/mol. The van der Waals surface area contributed by atoms with E-state index >= 15 is 0 Å². The molecule has 0 fully saturated rings. The Morgan fingerprint density at radius 2 is 1.78 bits per heavy atom. The summed E-state index contributed by atoms with van der Waals surface area (Å²) in [5, 5.41) is 9.65. The molecule has 0 radical (unpaired) electrons. The maximum absolute atomic E-state index is 12.6. The molecule has 0 aliphatic carbocycles. The van der Waals surface area contributed by atoms with Gasteiger partial charge in [-0.05, 0) is 12.5 Å². The molecular weight excluding hydrogens is 354 g/mol. The lowest BCUT2D eigenvalue weighted by Gasteiger charge is -2.20. The van der Waals surface area contributed by atoms with Gasteiger partial charge in [0, 0.05) is 20.4 Å². The number of aromatic nitrogens is 1. The molecule has 27 heavy (non-hydrogen) atoms. The Morgan fingerprint density at radius 3 is 2.30 bits per heavy atom. The molecule has 8 nitrogen and oxygen atoms in total. The molecule has 0 spiro atoms. The van der Waals surface area contributed by atoms with Gasteiger partial charge in [0.15, 0.2) is 23.5 Å². The second kappa shape index (κ2) is 9.11. The van der Waals surface area contributed by atoms with E-state index in [2.05, 4.69) is 0 Å². The second-order valence-electron chi connectivity index (χ2n) is 5.74. The number of benzene rings is 1. The van der Waals surface area contributed by atoms with Gasteiger partial charge in [-0.25, -0.2) is 4.79 Å². The zero-order chi connectivity index (χ0) is 20.0. The zero-order valence-electron chi connectivity index (χ0n) is 15.3. The topological polar surface area (TPSA) is 104 Å². The van der Waals surface area contributed by atoms with Crippen LogP contribution in [0.25, 0.3) is 0 Å². The average molecular weight is 375 g/mol. The molecule has 8 heteroatoms. The highest BCUT2D eigenvalue weighted by Crippen LogP contribution is 2.19. The van der Waals surface area contributed by atoms with Gasteiger partial charge in [-0.1, -0.05) is 30.3 Å². The highest BCUT2D eigenvalue weighted by molar-refractivity contribution is 5.96. The van der Waals surface area contributed by atoms with E-state index in [4.69, 9.17) is 14.2 Å². The van der Waals surface area contributed by atoms with Gasteiger partial charge >= 0.3 is 5.97 Å². The number of carbonyl (C=O) groups excluding carboxylic acids is 1. The van der Waals surface area contributed by atoms with Gasteiger partial charge in [0.25, 0.3) is 0 Å². The molecule has 0 aliphatic heterocycles. The van der Waals surface area contributed by atoms with Gasteiger partial charge in [-0.15, -0.1) is 0 Å². The Bertz CT molecular complexity index is 870. The van der Waals surface area contributed by atoms with Crippen molar-refractivity contribution in [3.63, 3.8) is 0 Å². The Kier molecular flexibility index (Phi) is 6.86. The highest BCUT2D eigenvalue weighted by Gasteiger charge is 2.25. The van der Waals surface area contributed by atoms with Crippen molar-refractivity contribution in [2.45, 2.75) is 26.4 Å². The molecule has 0 unspecified atom stereocenters. The Balaban J connectivity index is 2.56. The summed E-state index contributed by atoms with van der Waals surface area (Å²) >= 11 is 0. The maximum atomic E-state index is 12.6. The van der Waals surface area contributed by atoms with E-state index < -0.39 is 29.2 Å². The first-order valence-corrected chi connectivity index (χ1v) is 8.13. The number of carboxylic acid groups (broad SMARTS) is 1. The number of aromatic carboxylic acids is 1. The number of rotatable bonds is 9. The molecule has 1 aromatic carbocycles. The summed E-state index contributed by atoms with van der Waals surface area (Å²) in [6.07, 6.45) is 0.418. The van der Waals surface area contributed by atoms with E-state index in [1.54, 1.807) is 24.3 Å². The first-order valence-electron chi connectivity index (χ1n) is 8.13. The van der Waals surface area contributed by atoms with Gasteiger partial charge in [-0.3, -0.25) is 9.59 Å². The molecule has 2 aromatic rings. The molecule has 0 atom stereocenters. The van der Waals surface area contributed by atoms with Crippen LogP contribution in [0, 0.1) is 0 Å². The van der Waals surface area contributed by atoms with Crippen LogP contribution in [0.2, 0.25) is 0 Å². The second-order valence-corrected chi connectivity index (χ2v) is 5.74. The fourth-order valence-electron chi connectivity index (χ4n) is 2.52. The summed E-state index contributed by atoms with van der Waals surface area (Å²) in [6, 6.07) is 8.97. The van der Waals surface area contributed by atoms with Crippen molar-refractivity contribution >= 4 is 11.8 Å². The fourth-order valence-corrected chi connectivity index (χ4v) is 2.52. The first-order chi connectivity index (χ1) is 12.9. The smallest absolute Gasteiger partial charge is 0.356 e. The molecule has 144 valence electrons. The molecule has 1 aromatic heterocycles. The van der Waals surface area contributed by atoms with Gasteiger partial charge in [-0.2, -0.15) is 0 Å². The normalized spacial score (nSPS) is 10.8. The summed E-state index contributed by atoms with van der Waals surface area (Å²) in [6.45, 7) is 1.17. The molecule has 0 aliphatic rings. The Morgan fingerprint density at radius 1 is 1.15 bits per heavy atom. The van der Waals surface area contributed by atoms with Crippen LogP contribution >= 0.6 is 0 Å². The third kappa shape index (κ3) is 4.81. The molecule has 2 rings (SSSR count). The summed E-state index contributed by atoms with van der Waals surface area (Å²) in [7, 11) is 2.80. The number of ether oxygens (including phenoxy) is 3. The third-order valence-electron chi connectivity index (χ3n) is 3.92. The lowest BCUT2D eigenvalue weighted by Crippen LogP contribution is -2.29. The number of hydrogen-bond donors (Lipinski definition) is 1. The maximum Gasteiger partial charge on any atom is 0.356 e. The van der Waals surface area contributed by atoms with Crippen LogP contribution in [0.4, 0.5) is 0 Å². The minimum Gasteiger partial charge on any atom is -0.482 e. The van der Waals surface area contributed by atoms with Crippen LogP contribution in [-0.4, -0.2) is 41.9 Å². The Hall–Kier alpha value is -2.97. The number of pyridine rings is 1. The van der Waals surface area contributed by atoms with Crippen LogP contribution in [0.5, 0.6) is 5.75 Å². The SMILES string of the molecule is COC(Cn1cc(C(C)=O)c(=O)c(OCc2ccccc2)c1C(=O)O)OC. The molecule has 0 saturated heterocycles. The standard InChI is InChI=1S/C19H21NO7/c1-12(21)14-9-20(10-15(25-2)26-3)16(19(23)24)18(17(14)22)27-11-13-7-5-4-6-8-13/h4-9,15H,10-11H2,1-3H3,(H,23,24). The van der Waals surface area contributed by atoms with Crippen molar-refractivity contribution in [3.05, 3.63) is 63.6 Å². The van der Waals surface area contributed by atoms with Crippen molar-refractivity contribution in [1.82, 2.24) is 4.57 Å². The highest BCUT2D eigenvalue weighted by atomic mass is 16.7. The minimum atomic E-state index is -1.36. The van der Waals surface area contributed by atoms with Crippen molar-refractivity contribution < 1.29 is 28.9 Å². The Labute approximate surface area is 155 Å². The molecule has 0 amide bonds. The van der Waals surface area contributed by atoms with E-state index in [0.717, 1.165) is 5.56 Å². The summed E-state index contributed by atoms with van der Waals surface area (Å²) in [5.41, 5.74) is -0.563. The predicted molar refractivity (Wildman–Crippen MR) is 96.2 cm³/mol. The van der Waals surface area contributed by atoms with Gasteiger partial charge < -0.3 is 23.9 Å². The molecular formula is C19H21NO7. The number of methoxy groups -OCH3 is 2. The van der Waals surface area contributed by atoms with Crippen molar-refractivity contribution in [3.8, 4) is 5.75 Å². The molecule has 1 heterocycles. The number of hydrogen-bond acceptors (Lipinski definition) is 6. The van der Waals surface area contributed by atoms with E-state index in [1.807, 2.05) is 6.07 Å². The lowest BCUT2D eigenvalue weighted by molar-refractivity contribution is -0.111. The van der Waals surface area contributed by atoms with Gasteiger partial charge in [0.05, 0.1) is 12.1 Å². The number of ketones is 1. The number of carboxylic acids is 1. The number of Topliss-reactive ketones (excluding diaryl/α,β-unsaturated/α-hetero) is 1. The third-order valence-corrected chi connectivity index (χ3v) is 3.92. The molecule has 0 bridgehead atoms. The minimum absolute atomic E-state index is 0.0182. The summed E-state index contributed by atoms with van der Waals surface area (Å²) < 4.78 is 17.0. The fraction of sp³-hybridized carbons (Fsp3) is 0.316. The van der Waals surface area contributed by atoms with Crippen molar-refractivity contribution in [1.29, 1.82) is 0 Å². The van der Waals surface area contributed by atoms with E-state index in [9.17, 15) is 19.5 Å². The van der Waals surface area contributed by atoms with Crippen LogP contribution in [0.3, 0.4) is 0 Å². The molecule has 0 saturated carbocycles. The van der Waals surface area contributed by atoms with Gasteiger partial charge in [0.2, 0.25) is 5.43 Å². The van der Waals surface area contributed by atoms with Crippen LogP contribution in [-0.2, 0) is 22.6 Å². The van der Waals surface area contributed by atoms with E-state index in [-0.39, 0.29) is 24.4 Å². The first kappa shape index (κ1) is 20.3.